The third-order valence-corrected chi connectivity index (χ3v) is 5.40. The summed E-state index contributed by atoms with van der Waals surface area (Å²) >= 11 is 0. The number of rotatable bonds is 3. The summed E-state index contributed by atoms with van der Waals surface area (Å²) in [6, 6.07) is 28.1. The van der Waals surface area contributed by atoms with Crippen molar-refractivity contribution in [1.82, 2.24) is 0 Å². The number of fused-ring (bicyclic) bond motifs is 4. The second-order valence-electron chi connectivity index (χ2n) is 7.64. The Labute approximate surface area is 169 Å². The van der Waals surface area contributed by atoms with Gasteiger partial charge in [0.05, 0.1) is 0 Å². The summed E-state index contributed by atoms with van der Waals surface area (Å²) in [6.07, 6.45) is 0. The SMILES string of the molecule is C=C(C)C(=O)OCc1ccc2cc3cc4cc5ccccc5cc4cc3cc2c1. The summed E-state index contributed by atoms with van der Waals surface area (Å²) in [6.45, 7) is 5.53. The lowest BCUT2D eigenvalue weighted by Gasteiger charge is -2.09. The van der Waals surface area contributed by atoms with Gasteiger partial charge in [-0.2, -0.15) is 0 Å². The first-order chi connectivity index (χ1) is 14.1. The Bertz CT molecular complexity index is 1440. The number of carbonyl (C=O) groups is 1. The maximum absolute atomic E-state index is 11.7. The van der Waals surface area contributed by atoms with E-state index in [1.807, 2.05) is 6.07 Å². The molecule has 2 heteroatoms. The van der Waals surface area contributed by atoms with Crippen molar-refractivity contribution in [2.75, 3.05) is 0 Å². The lowest BCUT2D eigenvalue weighted by molar-refractivity contribution is -0.140. The summed E-state index contributed by atoms with van der Waals surface area (Å²) in [5, 5.41) is 9.74. The summed E-state index contributed by atoms with van der Waals surface area (Å²) in [5.41, 5.74) is 1.38. The van der Waals surface area contributed by atoms with E-state index in [1.165, 1.54) is 37.7 Å². The largest absolute Gasteiger partial charge is 0.457 e. The normalized spacial score (nSPS) is 11.3. The van der Waals surface area contributed by atoms with Crippen molar-refractivity contribution >= 4 is 49.1 Å². The first-order valence-corrected chi connectivity index (χ1v) is 9.68. The smallest absolute Gasteiger partial charge is 0.333 e. The molecular formula is C27H20O2. The molecule has 0 unspecified atom stereocenters. The number of hydrogen-bond acceptors (Lipinski definition) is 2. The molecule has 0 atom stereocenters. The van der Waals surface area contributed by atoms with Crippen molar-refractivity contribution in [2.24, 2.45) is 0 Å². The zero-order valence-corrected chi connectivity index (χ0v) is 16.2. The summed E-state index contributed by atoms with van der Waals surface area (Å²) < 4.78 is 5.29. The van der Waals surface area contributed by atoms with Crippen molar-refractivity contribution in [1.29, 1.82) is 0 Å². The molecule has 0 radical (unpaired) electrons. The first kappa shape index (κ1) is 17.4. The van der Waals surface area contributed by atoms with Crippen LogP contribution in [0.4, 0.5) is 0 Å². The quantitative estimate of drug-likeness (QED) is 0.194. The fourth-order valence-electron chi connectivity index (χ4n) is 3.85. The monoisotopic (exact) mass is 376 g/mol. The summed E-state index contributed by atoms with van der Waals surface area (Å²) in [4.78, 5) is 11.7. The Morgan fingerprint density at radius 1 is 0.690 bits per heavy atom. The van der Waals surface area contributed by atoms with E-state index in [0.717, 1.165) is 10.9 Å². The van der Waals surface area contributed by atoms with Gasteiger partial charge in [0.15, 0.2) is 0 Å². The highest BCUT2D eigenvalue weighted by molar-refractivity contribution is 6.08. The maximum atomic E-state index is 11.7. The Kier molecular flexibility index (Phi) is 4.06. The molecule has 29 heavy (non-hydrogen) atoms. The first-order valence-electron chi connectivity index (χ1n) is 9.68. The van der Waals surface area contributed by atoms with Crippen LogP contribution in [0, 0.1) is 0 Å². The second kappa shape index (κ2) is 6.75. The lowest BCUT2D eigenvalue weighted by atomic mass is 9.97. The van der Waals surface area contributed by atoms with Crippen molar-refractivity contribution in [3.63, 3.8) is 0 Å². The van der Waals surface area contributed by atoms with Gasteiger partial charge in [0, 0.05) is 5.57 Å². The van der Waals surface area contributed by atoms with Crippen LogP contribution in [0.1, 0.15) is 12.5 Å². The molecular weight excluding hydrogens is 356 g/mol. The van der Waals surface area contributed by atoms with Crippen LogP contribution in [-0.4, -0.2) is 5.97 Å². The number of hydrogen-bond donors (Lipinski definition) is 0. The van der Waals surface area contributed by atoms with E-state index >= 15 is 0 Å². The van der Waals surface area contributed by atoms with Gasteiger partial charge in [-0.25, -0.2) is 4.79 Å². The van der Waals surface area contributed by atoms with Crippen molar-refractivity contribution in [3.8, 4) is 0 Å². The van der Waals surface area contributed by atoms with Crippen molar-refractivity contribution in [3.05, 3.63) is 96.6 Å². The van der Waals surface area contributed by atoms with Gasteiger partial charge in [-0.15, -0.1) is 0 Å². The van der Waals surface area contributed by atoms with Crippen molar-refractivity contribution < 1.29 is 9.53 Å². The van der Waals surface area contributed by atoms with Gasteiger partial charge in [0.1, 0.15) is 6.61 Å². The summed E-state index contributed by atoms with van der Waals surface area (Å²) in [5.74, 6) is -0.359. The van der Waals surface area contributed by atoms with Crippen molar-refractivity contribution in [2.45, 2.75) is 13.5 Å². The van der Waals surface area contributed by atoms with Crippen LogP contribution in [0.3, 0.4) is 0 Å². The van der Waals surface area contributed by atoms with Gasteiger partial charge < -0.3 is 4.74 Å². The minimum absolute atomic E-state index is 0.253. The predicted molar refractivity (Wildman–Crippen MR) is 121 cm³/mol. The van der Waals surface area contributed by atoms with Crippen LogP contribution in [0.5, 0.6) is 0 Å². The molecule has 0 aromatic heterocycles. The van der Waals surface area contributed by atoms with Gasteiger partial charge in [0.25, 0.3) is 0 Å². The van der Waals surface area contributed by atoms with Crippen LogP contribution < -0.4 is 0 Å². The minimum atomic E-state index is -0.359. The number of esters is 1. The Morgan fingerprint density at radius 3 is 1.66 bits per heavy atom. The third kappa shape index (κ3) is 3.23. The molecule has 0 saturated carbocycles. The molecule has 0 aliphatic carbocycles. The minimum Gasteiger partial charge on any atom is -0.457 e. The summed E-state index contributed by atoms with van der Waals surface area (Å²) in [7, 11) is 0. The molecule has 140 valence electrons. The molecule has 0 fully saturated rings. The fourth-order valence-corrected chi connectivity index (χ4v) is 3.85. The molecule has 2 nitrogen and oxygen atoms in total. The average Bonchev–Trinajstić information content (AvgIpc) is 2.72. The standard InChI is InChI=1S/C27H20O2/c1-17(2)27(28)29-16-18-7-8-21-12-25-14-23-10-19-5-3-4-6-20(19)11-24(23)15-26(25)13-22(21)9-18/h3-15H,1,16H2,2H3. The average molecular weight is 376 g/mol. The predicted octanol–water partition coefficient (Wildman–Crippen LogP) is 6.92. The van der Waals surface area contributed by atoms with E-state index in [0.29, 0.717) is 5.57 Å². The molecule has 5 aromatic carbocycles. The molecule has 0 amide bonds. The molecule has 0 aliphatic rings. The Balaban J connectivity index is 1.60. The van der Waals surface area contributed by atoms with Crippen LogP contribution in [0.2, 0.25) is 0 Å². The fraction of sp³-hybridized carbons (Fsp3) is 0.0741. The molecule has 0 bridgehead atoms. The molecule has 0 spiro atoms. The van der Waals surface area contributed by atoms with Gasteiger partial charge in [-0.05, 0) is 98.0 Å². The van der Waals surface area contributed by atoms with E-state index in [2.05, 4.69) is 79.4 Å². The van der Waals surface area contributed by atoms with Crippen LogP contribution in [0.25, 0.3) is 43.1 Å². The Morgan fingerprint density at radius 2 is 1.14 bits per heavy atom. The van der Waals surface area contributed by atoms with E-state index in [1.54, 1.807) is 6.92 Å². The van der Waals surface area contributed by atoms with E-state index in [9.17, 15) is 4.79 Å². The van der Waals surface area contributed by atoms with Gasteiger partial charge in [0.2, 0.25) is 0 Å². The molecule has 5 rings (SSSR count). The van der Waals surface area contributed by atoms with E-state index < -0.39 is 0 Å². The lowest BCUT2D eigenvalue weighted by Crippen LogP contribution is -2.04. The topological polar surface area (TPSA) is 26.3 Å². The zero-order chi connectivity index (χ0) is 20.0. The molecule has 5 aromatic rings. The third-order valence-electron chi connectivity index (χ3n) is 5.40. The molecule has 0 heterocycles. The van der Waals surface area contributed by atoms with Crippen LogP contribution in [-0.2, 0) is 16.1 Å². The highest BCUT2D eigenvalue weighted by Gasteiger charge is 2.06. The van der Waals surface area contributed by atoms with E-state index in [-0.39, 0.29) is 12.6 Å². The number of benzene rings is 5. The highest BCUT2D eigenvalue weighted by atomic mass is 16.5. The maximum Gasteiger partial charge on any atom is 0.333 e. The second-order valence-corrected chi connectivity index (χ2v) is 7.64. The van der Waals surface area contributed by atoms with Gasteiger partial charge in [-0.1, -0.05) is 43.0 Å². The van der Waals surface area contributed by atoms with E-state index in [4.69, 9.17) is 4.74 Å². The molecule has 0 saturated heterocycles. The molecule has 0 aliphatic heterocycles. The zero-order valence-electron chi connectivity index (χ0n) is 16.2. The highest BCUT2D eigenvalue weighted by Crippen LogP contribution is 2.30. The van der Waals surface area contributed by atoms with Gasteiger partial charge in [-0.3, -0.25) is 0 Å². The number of carbonyl (C=O) groups excluding carboxylic acids is 1. The Hall–Kier alpha value is -3.65. The van der Waals surface area contributed by atoms with Crippen LogP contribution >= 0.6 is 0 Å². The molecule has 0 N–H and O–H groups in total. The number of ether oxygens (including phenoxy) is 1. The van der Waals surface area contributed by atoms with Gasteiger partial charge >= 0.3 is 5.97 Å². The van der Waals surface area contributed by atoms with Crippen LogP contribution in [0.15, 0.2) is 91.0 Å².